The van der Waals surface area contributed by atoms with Crippen molar-refractivity contribution in [1.82, 2.24) is 0 Å². The molecule has 1 aromatic rings. The fourth-order valence-corrected chi connectivity index (χ4v) is 1.25. The molecular formula is C12H17NO2. The molecule has 3 heteroatoms. The van der Waals surface area contributed by atoms with Crippen LogP contribution in [0.2, 0.25) is 0 Å². The van der Waals surface area contributed by atoms with Crippen LogP contribution >= 0.6 is 0 Å². The van der Waals surface area contributed by atoms with Gasteiger partial charge < -0.3 is 10.5 Å². The minimum atomic E-state index is -0.265. The van der Waals surface area contributed by atoms with Gasteiger partial charge >= 0.3 is 5.97 Å². The third kappa shape index (κ3) is 3.72. The van der Waals surface area contributed by atoms with E-state index in [1.54, 1.807) is 6.07 Å². The van der Waals surface area contributed by atoms with Gasteiger partial charge in [-0.3, -0.25) is 0 Å². The zero-order chi connectivity index (χ0) is 11.1. The number of hydrogen-bond donors (Lipinski definition) is 1. The first-order chi connectivity index (χ1) is 7.27. The van der Waals surface area contributed by atoms with Gasteiger partial charge in [0.15, 0.2) is 0 Å². The Balaban J connectivity index is 2.57. The molecule has 0 unspecified atom stereocenters. The van der Waals surface area contributed by atoms with E-state index in [9.17, 15) is 4.79 Å². The SMILES string of the molecule is CCc1cccc(C(=O)OCCCN)c1. The summed E-state index contributed by atoms with van der Waals surface area (Å²) in [6, 6.07) is 7.50. The summed E-state index contributed by atoms with van der Waals surface area (Å²) in [7, 11) is 0. The summed E-state index contributed by atoms with van der Waals surface area (Å²) < 4.78 is 5.05. The number of nitrogens with two attached hydrogens (primary N) is 1. The van der Waals surface area contributed by atoms with Crippen LogP contribution in [-0.2, 0) is 11.2 Å². The zero-order valence-electron chi connectivity index (χ0n) is 9.03. The lowest BCUT2D eigenvalue weighted by atomic mass is 10.1. The van der Waals surface area contributed by atoms with Crippen molar-refractivity contribution in [1.29, 1.82) is 0 Å². The summed E-state index contributed by atoms with van der Waals surface area (Å²) in [5, 5.41) is 0. The molecule has 82 valence electrons. The topological polar surface area (TPSA) is 52.3 Å². The second-order valence-corrected chi connectivity index (χ2v) is 3.33. The Bertz CT molecular complexity index is 323. The van der Waals surface area contributed by atoms with Gasteiger partial charge in [0.05, 0.1) is 12.2 Å². The third-order valence-electron chi connectivity index (χ3n) is 2.15. The molecule has 0 heterocycles. The molecule has 15 heavy (non-hydrogen) atoms. The van der Waals surface area contributed by atoms with Gasteiger partial charge in [-0.1, -0.05) is 19.1 Å². The second kappa shape index (κ2) is 6.19. The van der Waals surface area contributed by atoms with E-state index in [0.29, 0.717) is 25.1 Å². The molecule has 0 aliphatic carbocycles. The van der Waals surface area contributed by atoms with Crippen molar-refractivity contribution in [2.24, 2.45) is 5.73 Å². The lowest BCUT2D eigenvalue weighted by Gasteiger charge is -2.04. The highest BCUT2D eigenvalue weighted by atomic mass is 16.5. The second-order valence-electron chi connectivity index (χ2n) is 3.33. The maximum absolute atomic E-state index is 11.5. The van der Waals surface area contributed by atoms with Crippen molar-refractivity contribution in [3.8, 4) is 0 Å². The fraction of sp³-hybridized carbons (Fsp3) is 0.417. The molecule has 1 aromatic carbocycles. The van der Waals surface area contributed by atoms with Gasteiger partial charge in [-0.15, -0.1) is 0 Å². The van der Waals surface area contributed by atoms with Gasteiger partial charge in [-0.05, 0) is 37.1 Å². The minimum absolute atomic E-state index is 0.265. The normalized spacial score (nSPS) is 10.0. The number of carbonyl (C=O) groups is 1. The van der Waals surface area contributed by atoms with E-state index in [0.717, 1.165) is 12.0 Å². The van der Waals surface area contributed by atoms with E-state index in [1.165, 1.54) is 0 Å². The summed E-state index contributed by atoms with van der Waals surface area (Å²) in [6.45, 7) is 2.99. The summed E-state index contributed by atoms with van der Waals surface area (Å²) in [5.41, 5.74) is 7.07. The molecule has 3 nitrogen and oxygen atoms in total. The number of aryl methyl sites for hydroxylation is 1. The van der Waals surface area contributed by atoms with Crippen molar-refractivity contribution >= 4 is 5.97 Å². The van der Waals surface area contributed by atoms with Crippen molar-refractivity contribution < 1.29 is 9.53 Å². The lowest BCUT2D eigenvalue weighted by molar-refractivity contribution is 0.0503. The molecule has 0 saturated carbocycles. The van der Waals surface area contributed by atoms with Crippen molar-refractivity contribution in [2.75, 3.05) is 13.2 Å². The van der Waals surface area contributed by atoms with Gasteiger partial charge in [-0.25, -0.2) is 4.79 Å². The van der Waals surface area contributed by atoms with Crippen LogP contribution in [0, 0.1) is 0 Å². The zero-order valence-corrected chi connectivity index (χ0v) is 9.03. The molecule has 0 radical (unpaired) electrons. The number of rotatable bonds is 5. The number of carbonyl (C=O) groups excluding carboxylic acids is 1. The van der Waals surface area contributed by atoms with Crippen molar-refractivity contribution in [3.63, 3.8) is 0 Å². The van der Waals surface area contributed by atoms with Gasteiger partial charge in [-0.2, -0.15) is 0 Å². The molecule has 2 N–H and O–H groups in total. The number of benzene rings is 1. The van der Waals surface area contributed by atoms with E-state index < -0.39 is 0 Å². The molecule has 0 aliphatic rings. The first-order valence-electron chi connectivity index (χ1n) is 5.24. The van der Waals surface area contributed by atoms with E-state index in [1.807, 2.05) is 18.2 Å². The summed E-state index contributed by atoms with van der Waals surface area (Å²) in [5.74, 6) is -0.265. The van der Waals surface area contributed by atoms with Gasteiger partial charge in [0.25, 0.3) is 0 Å². The largest absolute Gasteiger partial charge is 0.462 e. The van der Waals surface area contributed by atoms with Crippen molar-refractivity contribution in [2.45, 2.75) is 19.8 Å². The maximum atomic E-state index is 11.5. The van der Waals surface area contributed by atoms with Crippen LogP contribution in [0.5, 0.6) is 0 Å². The highest BCUT2D eigenvalue weighted by molar-refractivity contribution is 5.89. The van der Waals surface area contributed by atoms with Crippen LogP contribution < -0.4 is 5.73 Å². The van der Waals surface area contributed by atoms with Crippen LogP contribution in [0.15, 0.2) is 24.3 Å². The average Bonchev–Trinajstić information content (AvgIpc) is 2.29. The van der Waals surface area contributed by atoms with E-state index >= 15 is 0 Å². The predicted octanol–water partition coefficient (Wildman–Crippen LogP) is 1.75. The Labute approximate surface area is 90.2 Å². The molecule has 0 amide bonds. The van der Waals surface area contributed by atoms with Gasteiger partial charge in [0, 0.05) is 0 Å². The molecule has 0 saturated heterocycles. The third-order valence-corrected chi connectivity index (χ3v) is 2.15. The Kier molecular flexibility index (Phi) is 4.84. The first kappa shape index (κ1) is 11.7. The quantitative estimate of drug-likeness (QED) is 0.591. The summed E-state index contributed by atoms with van der Waals surface area (Å²) in [6.07, 6.45) is 1.63. The summed E-state index contributed by atoms with van der Waals surface area (Å²) >= 11 is 0. The number of esters is 1. The highest BCUT2D eigenvalue weighted by Crippen LogP contribution is 2.07. The van der Waals surface area contributed by atoms with Crippen molar-refractivity contribution in [3.05, 3.63) is 35.4 Å². The average molecular weight is 207 g/mol. The Morgan fingerprint density at radius 1 is 1.47 bits per heavy atom. The Morgan fingerprint density at radius 2 is 2.27 bits per heavy atom. The van der Waals surface area contributed by atoms with Crippen LogP contribution in [0.3, 0.4) is 0 Å². The maximum Gasteiger partial charge on any atom is 0.338 e. The molecule has 0 atom stereocenters. The van der Waals surface area contributed by atoms with Gasteiger partial charge in [0.2, 0.25) is 0 Å². The monoisotopic (exact) mass is 207 g/mol. The van der Waals surface area contributed by atoms with Crippen LogP contribution in [-0.4, -0.2) is 19.1 Å². The molecule has 0 spiro atoms. The van der Waals surface area contributed by atoms with Crippen LogP contribution in [0.25, 0.3) is 0 Å². The smallest absolute Gasteiger partial charge is 0.338 e. The molecular weight excluding hydrogens is 190 g/mol. The Hall–Kier alpha value is -1.35. The fourth-order valence-electron chi connectivity index (χ4n) is 1.25. The van der Waals surface area contributed by atoms with Gasteiger partial charge in [0.1, 0.15) is 0 Å². The molecule has 0 aromatic heterocycles. The van der Waals surface area contributed by atoms with E-state index in [-0.39, 0.29) is 5.97 Å². The Morgan fingerprint density at radius 3 is 2.93 bits per heavy atom. The highest BCUT2D eigenvalue weighted by Gasteiger charge is 2.06. The lowest BCUT2D eigenvalue weighted by Crippen LogP contribution is -2.10. The number of ether oxygens (including phenoxy) is 1. The first-order valence-corrected chi connectivity index (χ1v) is 5.24. The standard InChI is InChI=1S/C12H17NO2/c1-2-10-5-3-6-11(9-10)12(14)15-8-4-7-13/h3,5-6,9H,2,4,7-8,13H2,1H3. The van der Waals surface area contributed by atoms with Crippen LogP contribution in [0.1, 0.15) is 29.3 Å². The predicted molar refractivity (Wildman–Crippen MR) is 59.8 cm³/mol. The molecule has 0 fully saturated rings. The minimum Gasteiger partial charge on any atom is -0.462 e. The number of hydrogen-bond acceptors (Lipinski definition) is 3. The van der Waals surface area contributed by atoms with E-state index in [2.05, 4.69) is 6.92 Å². The van der Waals surface area contributed by atoms with E-state index in [4.69, 9.17) is 10.5 Å². The summed E-state index contributed by atoms with van der Waals surface area (Å²) in [4.78, 5) is 11.5. The molecule has 1 rings (SSSR count). The molecule has 0 bridgehead atoms. The molecule has 0 aliphatic heterocycles. The van der Waals surface area contributed by atoms with Crippen LogP contribution in [0.4, 0.5) is 0 Å².